The molecule has 2 fully saturated rings. The van der Waals surface area contributed by atoms with Crippen molar-refractivity contribution in [2.24, 2.45) is 23.7 Å². The van der Waals surface area contributed by atoms with Crippen molar-refractivity contribution in [3.63, 3.8) is 0 Å². The number of ether oxygens (including phenoxy) is 9. The Bertz CT molecular complexity index is 1810. The molecule has 0 aromatic carbocycles. The van der Waals surface area contributed by atoms with Gasteiger partial charge in [0.1, 0.15) is 23.8 Å². The quantitative estimate of drug-likeness (QED) is 0.173. The fraction of sp³-hybridized carbons (Fsp3) is 0.787. The maximum atomic E-state index is 14.8. The second-order valence-electron chi connectivity index (χ2n) is 19.1. The van der Waals surface area contributed by atoms with Gasteiger partial charge in [0.2, 0.25) is 0 Å². The SMILES string of the molecule is CC[C@H]1OC(=O)[C@H](C)[C@@H](O[C@H]2C[C@@](C)(OC)[C@@H](OC(C)=O)[C@H](C)O2)[C@H](C)[C@@H](O[C@@H]2O[C@H](C)C[C@H](N(C)C)[C@H]2CC(C)=O)[C@](C)(OC)C[C@@H](C)C(=O)C(C)=C[C@]1(C)OC(=O)n1ccnc1. The van der Waals surface area contributed by atoms with Crippen molar-refractivity contribution in [3.05, 3.63) is 30.4 Å². The van der Waals surface area contributed by atoms with Gasteiger partial charge in [0.15, 0.2) is 30.1 Å². The monoisotopic (exact) mass is 906 g/mol. The number of carbonyl (C=O) groups is 5. The van der Waals surface area contributed by atoms with E-state index < -0.39 is 95.7 Å². The van der Waals surface area contributed by atoms with E-state index in [-0.39, 0.29) is 60.9 Å². The second kappa shape index (κ2) is 21.8. The molecule has 0 amide bonds. The van der Waals surface area contributed by atoms with E-state index in [4.69, 9.17) is 42.6 Å². The molecule has 4 rings (SSSR count). The Morgan fingerprint density at radius 2 is 1.58 bits per heavy atom. The van der Waals surface area contributed by atoms with Crippen LogP contribution in [0.2, 0.25) is 0 Å². The topological polar surface area (TPSA) is 189 Å². The molecule has 0 saturated carbocycles. The van der Waals surface area contributed by atoms with E-state index in [1.807, 2.05) is 41.8 Å². The van der Waals surface area contributed by atoms with Gasteiger partial charge >= 0.3 is 18.0 Å². The minimum absolute atomic E-state index is 0.0266. The number of esters is 2. The number of methoxy groups -OCH3 is 2. The second-order valence-corrected chi connectivity index (χ2v) is 19.1. The van der Waals surface area contributed by atoms with Crippen molar-refractivity contribution in [2.45, 2.75) is 187 Å². The van der Waals surface area contributed by atoms with Gasteiger partial charge in [0.05, 0.1) is 35.9 Å². The van der Waals surface area contributed by atoms with E-state index in [1.165, 1.54) is 32.8 Å². The van der Waals surface area contributed by atoms with Gasteiger partial charge in [-0.05, 0) is 100 Å². The number of allylic oxidation sites excluding steroid dienone is 1. The molecular formula is C47H75N3O14. The first kappa shape index (κ1) is 53.0. The van der Waals surface area contributed by atoms with Gasteiger partial charge in [-0.2, -0.15) is 0 Å². The molecule has 16 atom stereocenters. The number of hydrogen-bond acceptors (Lipinski definition) is 16. The molecule has 3 aliphatic rings. The maximum Gasteiger partial charge on any atom is 0.420 e. The molecule has 362 valence electrons. The Morgan fingerprint density at radius 3 is 2.12 bits per heavy atom. The summed E-state index contributed by atoms with van der Waals surface area (Å²) in [5.74, 6) is -4.30. The van der Waals surface area contributed by atoms with Crippen molar-refractivity contribution in [1.82, 2.24) is 14.5 Å². The minimum atomic E-state index is -1.62. The van der Waals surface area contributed by atoms with Gasteiger partial charge < -0.3 is 52.3 Å². The van der Waals surface area contributed by atoms with Crippen LogP contribution in [-0.2, 0) is 61.8 Å². The molecule has 1 aromatic heterocycles. The van der Waals surface area contributed by atoms with Crippen LogP contribution in [0.1, 0.15) is 115 Å². The molecule has 3 aliphatic heterocycles. The average Bonchev–Trinajstić information content (AvgIpc) is 3.77. The molecule has 0 aliphatic carbocycles. The summed E-state index contributed by atoms with van der Waals surface area (Å²) in [6.45, 7) is 20.7. The lowest BCUT2D eigenvalue weighted by Crippen LogP contribution is -2.60. The number of hydrogen-bond donors (Lipinski definition) is 0. The van der Waals surface area contributed by atoms with E-state index in [2.05, 4.69) is 9.88 Å². The lowest BCUT2D eigenvalue weighted by molar-refractivity contribution is -0.315. The number of Topliss-reactive ketones (excluding diaryl/α,β-unsaturated/α-hetero) is 2. The fourth-order valence-corrected chi connectivity index (χ4v) is 10.1. The Hall–Kier alpha value is -3.58. The van der Waals surface area contributed by atoms with Crippen LogP contribution in [-0.4, -0.2) is 144 Å². The third-order valence-electron chi connectivity index (χ3n) is 13.6. The molecule has 1 aromatic rings. The van der Waals surface area contributed by atoms with E-state index in [1.54, 1.807) is 61.7 Å². The van der Waals surface area contributed by atoms with Crippen LogP contribution < -0.4 is 0 Å². The molecule has 4 heterocycles. The molecule has 0 bridgehead atoms. The molecule has 0 unspecified atom stereocenters. The van der Waals surface area contributed by atoms with E-state index in [0.29, 0.717) is 6.42 Å². The zero-order chi connectivity index (χ0) is 48.1. The molecule has 64 heavy (non-hydrogen) atoms. The van der Waals surface area contributed by atoms with Crippen LogP contribution in [0, 0.1) is 23.7 Å². The summed E-state index contributed by atoms with van der Waals surface area (Å²) in [5, 5.41) is 0. The number of imidazole rings is 1. The average molecular weight is 906 g/mol. The molecular weight excluding hydrogens is 831 g/mol. The van der Waals surface area contributed by atoms with E-state index >= 15 is 0 Å². The van der Waals surface area contributed by atoms with Crippen LogP contribution in [0.15, 0.2) is 30.4 Å². The van der Waals surface area contributed by atoms with Crippen LogP contribution in [0.5, 0.6) is 0 Å². The van der Waals surface area contributed by atoms with Crippen LogP contribution in [0.4, 0.5) is 4.79 Å². The summed E-state index contributed by atoms with van der Waals surface area (Å²) in [4.78, 5) is 74.0. The van der Waals surface area contributed by atoms with Crippen LogP contribution in [0.25, 0.3) is 0 Å². The highest BCUT2D eigenvalue weighted by atomic mass is 16.7. The Morgan fingerprint density at radius 1 is 0.938 bits per heavy atom. The molecule has 2 saturated heterocycles. The van der Waals surface area contributed by atoms with Crippen molar-refractivity contribution in [3.8, 4) is 0 Å². The van der Waals surface area contributed by atoms with Crippen molar-refractivity contribution in [2.75, 3.05) is 28.3 Å². The molecule has 17 nitrogen and oxygen atoms in total. The zero-order valence-electron chi connectivity index (χ0n) is 40.9. The van der Waals surface area contributed by atoms with Gasteiger partial charge in [0, 0.05) is 70.2 Å². The Balaban J connectivity index is 1.93. The third kappa shape index (κ3) is 12.2. The number of aromatic nitrogens is 2. The van der Waals surface area contributed by atoms with Gasteiger partial charge in [0.25, 0.3) is 0 Å². The number of nitrogens with zero attached hydrogens (tertiary/aromatic N) is 3. The molecule has 17 heteroatoms. The Labute approximate surface area is 379 Å². The first-order valence-electron chi connectivity index (χ1n) is 22.5. The number of carbonyl (C=O) groups excluding carboxylic acids is 5. The summed E-state index contributed by atoms with van der Waals surface area (Å²) in [6.07, 6.45) is -0.466. The predicted molar refractivity (Wildman–Crippen MR) is 234 cm³/mol. The zero-order valence-corrected chi connectivity index (χ0v) is 40.9. The lowest BCUT2D eigenvalue weighted by atomic mass is 9.76. The van der Waals surface area contributed by atoms with Gasteiger partial charge in [-0.1, -0.05) is 20.8 Å². The van der Waals surface area contributed by atoms with E-state index in [9.17, 15) is 24.0 Å². The maximum absolute atomic E-state index is 14.8. The molecule has 0 N–H and O–H groups in total. The van der Waals surface area contributed by atoms with Crippen molar-refractivity contribution < 1.29 is 66.6 Å². The predicted octanol–water partition coefficient (Wildman–Crippen LogP) is 6.08. The van der Waals surface area contributed by atoms with Gasteiger partial charge in [-0.3, -0.25) is 14.4 Å². The summed E-state index contributed by atoms with van der Waals surface area (Å²) in [5.41, 5.74) is -3.64. The largest absolute Gasteiger partial charge is 0.457 e. The highest BCUT2D eigenvalue weighted by Crippen LogP contribution is 2.43. The summed E-state index contributed by atoms with van der Waals surface area (Å²) in [7, 11) is 7.00. The highest BCUT2D eigenvalue weighted by Gasteiger charge is 2.54. The lowest BCUT2D eigenvalue weighted by Gasteiger charge is -2.50. The summed E-state index contributed by atoms with van der Waals surface area (Å²) in [6, 6.07) is -0.0771. The summed E-state index contributed by atoms with van der Waals surface area (Å²) < 4.78 is 58.9. The third-order valence-corrected chi connectivity index (χ3v) is 13.6. The minimum Gasteiger partial charge on any atom is -0.457 e. The Kier molecular flexibility index (Phi) is 18.1. The smallest absolute Gasteiger partial charge is 0.420 e. The normalized spacial score (nSPS) is 39.3. The van der Waals surface area contributed by atoms with Gasteiger partial charge in [-0.15, -0.1) is 0 Å². The van der Waals surface area contributed by atoms with E-state index in [0.717, 1.165) is 4.57 Å². The van der Waals surface area contributed by atoms with Crippen LogP contribution >= 0.6 is 0 Å². The first-order chi connectivity index (χ1) is 29.8. The molecule has 0 radical (unpaired) electrons. The van der Waals surface area contributed by atoms with Crippen molar-refractivity contribution in [1.29, 1.82) is 0 Å². The molecule has 0 spiro atoms. The number of ketones is 2. The standard InChI is InChI=1S/C47H75N3O14/c1-17-36-45(10,64-44(55)50-19-18-48-25-50)22-26(2)38(53)27(3)23-46(11,56-15)40(63-43-34(20-28(4)51)35(49(13)14)21-29(5)58-43)30(6)39(31(7)42(54)61-36)62-37-24-47(12,57-16)41(32(8)59-37)60-33(9)52/h18-19,22,25,27,29-32,34-37,39-41,43H,17,20-21,23-24H2,1-16H3/t27-,29-,30+,31-,32+,34-,35+,36-,37+,39+,40-,41+,43+,45+,46-,47-/m1/s1. The fourth-order valence-electron chi connectivity index (χ4n) is 10.1. The van der Waals surface area contributed by atoms with Crippen LogP contribution in [0.3, 0.4) is 0 Å². The van der Waals surface area contributed by atoms with Crippen molar-refractivity contribution >= 4 is 29.6 Å². The van der Waals surface area contributed by atoms with Gasteiger partial charge in [-0.25, -0.2) is 14.3 Å². The first-order valence-corrected chi connectivity index (χ1v) is 22.5. The number of cyclic esters (lactones) is 1. The highest BCUT2D eigenvalue weighted by molar-refractivity contribution is 5.96. The summed E-state index contributed by atoms with van der Waals surface area (Å²) >= 11 is 0. The number of rotatable bonds is 12.